The zero-order valence-electron chi connectivity index (χ0n) is 18.2. The minimum absolute atomic E-state index is 0.0366. The van der Waals surface area contributed by atoms with Gasteiger partial charge in [0.15, 0.2) is 0 Å². The first-order chi connectivity index (χ1) is 14.7. The Labute approximate surface area is 192 Å². The monoisotopic (exact) mass is 466 g/mol. The highest BCUT2D eigenvalue weighted by Gasteiger charge is 2.26. The Morgan fingerprint density at radius 2 is 1.84 bits per heavy atom. The Morgan fingerprint density at radius 3 is 2.42 bits per heavy atom. The Morgan fingerprint density at radius 1 is 1.16 bits per heavy atom. The number of carbonyl (C=O) groups is 2. The molecule has 0 radical (unpaired) electrons. The van der Waals surface area contributed by atoms with E-state index < -0.39 is 11.9 Å². The largest absolute Gasteiger partial charge is 0.497 e. The van der Waals surface area contributed by atoms with Crippen molar-refractivity contribution < 1.29 is 18.7 Å². The van der Waals surface area contributed by atoms with Gasteiger partial charge in [0.2, 0.25) is 11.8 Å². The number of thioether (sulfide) groups is 1. The molecular weight excluding hydrogens is 439 g/mol. The van der Waals surface area contributed by atoms with E-state index in [4.69, 9.17) is 16.3 Å². The SMILES string of the molecule is COc1ccc(CN(C(=O)CSCc2c(F)cccc2Cl)[C@@H](C)C(=O)NC(C)C)cc1. The number of hydrogen-bond acceptors (Lipinski definition) is 4. The molecule has 0 aliphatic heterocycles. The molecule has 2 rings (SSSR count). The van der Waals surface area contributed by atoms with Crippen molar-refractivity contribution >= 4 is 35.2 Å². The summed E-state index contributed by atoms with van der Waals surface area (Å²) in [5.74, 6) is 0.246. The van der Waals surface area contributed by atoms with Gasteiger partial charge in [-0.1, -0.05) is 29.8 Å². The maximum Gasteiger partial charge on any atom is 0.242 e. The number of hydrogen-bond donors (Lipinski definition) is 1. The number of methoxy groups -OCH3 is 1. The lowest BCUT2D eigenvalue weighted by Crippen LogP contribution is -2.49. The van der Waals surface area contributed by atoms with E-state index in [1.165, 1.54) is 22.7 Å². The first-order valence-electron chi connectivity index (χ1n) is 9.96. The highest BCUT2D eigenvalue weighted by atomic mass is 35.5. The van der Waals surface area contributed by atoms with Crippen molar-refractivity contribution in [2.45, 2.75) is 45.2 Å². The molecule has 0 fully saturated rings. The maximum absolute atomic E-state index is 14.0. The number of carbonyl (C=O) groups excluding carboxylic acids is 2. The van der Waals surface area contributed by atoms with Crippen LogP contribution in [0.25, 0.3) is 0 Å². The molecule has 31 heavy (non-hydrogen) atoms. The Hall–Kier alpha value is -2.25. The summed E-state index contributed by atoms with van der Waals surface area (Å²) in [5, 5.41) is 3.19. The molecule has 2 amide bonds. The maximum atomic E-state index is 14.0. The van der Waals surface area contributed by atoms with Gasteiger partial charge in [-0.25, -0.2) is 4.39 Å². The Kier molecular flexibility index (Phi) is 9.65. The summed E-state index contributed by atoms with van der Waals surface area (Å²) in [6.45, 7) is 5.72. The van der Waals surface area contributed by atoms with Gasteiger partial charge in [-0.05, 0) is 50.6 Å². The highest BCUT2D eigenvalue weighted by molar-refractivity contribution is 7.99. The zero-order valence-corrected chi connectivity index (χ0v) is 19.7. The van der Waals surface area contributed by atoms with Crippen molar-refractivity contribution in [3.63, 3.8) is 0 Å². The average Bonchev–Trinajstić information content (AvgIpc) is 2.73. The van der Waals surface area contributed by atoms with Gasteiger partial charge in [0.1, 0.15) is 17.6 Å². The molecular formula is C23H28ClFN2O3S. The number of nitrogens with zero attached hydrogens (tertiary/aromatic N) is 1. The van der Waals surface area contributed by atoms with E-state index >= 15 is 0 Å². The average molecular weight is 467 g/mol. The molecule has 0 bridgehead atoms. The van der Waals surface area contributed by atoms with E-state index in [0.717, 1.165) is 5.56 Å². The van der Waals surface area contributed by atoms with Crippen LogP contribution in [0.4, 0.5) is 4.39 Å². The molecule has 0 unspecified atom stereocenters. The third-order valence-corrected chi connectivity index (χ3v) is 5.94. The molecule has 0 aliphatic rings. The van der Waals surface area contributed by atoms with Crippen LogP contribution < -0.4 is 10.1 Å². The summed E-state index contributed by atoms with van der Waals surface area (Å²) in [6.07, 6.45) is 0. The third-order valence-electron chi connectivity index (χ3n) is 4.64. The Balaban J connectivity index is 2.11. The summed E-state index contributed by atoms with van der Waals surface area (Å²) < 4.78 is 19.2. The molecule has 1 N–H and O–H groups in total. The molecule has 0 spiro atoms. The molecule has 8 heteroatoms. The van der Waals surface area contributed by atoms with E-state index in [9.17, 15) is 14.0 Å². The van der Waals surface area contributed by atoms with Crippen LogP contribution in [0.15, 0.2) is 42.5 Å². The predicted molar refractivity (Wildman–Crippen MR) is 124 cm³/mol. The molecule has 2 aromatic rings. The molecule has 168 valence electrons. The van der Waals surface area contributed by atoms with Crippen molar-refractivity contribution in [1.29, 1.82) is 0 Å². The van der Waals surface area contributed by atoms with E-state index in [2.05, 4.69) is 5.32 Å². The van der Waals surface area contributed by atoms with Gasteiger partial charge >= 0.3 is 0 Å². The second-order valence-electron chi connectivity index (χ2n) is 7.40. The molecule has 5 nitrogen and oxygen atoms in total. The van der Waals surface area contributed by atoms with Crippen molar-refractivity contribution in [2.24, 2.45) is 0 Å². The Bertz CT molecular complexity index is 873. The summed E-state index contributed by atoms with van der Waals surface area (Å²) in [4.78, 5) is 27.1. The smallest absolute Gasteiger partial charge is 0.242 e. The summed E-state index contributed by atoms with van der Waals surface area (Å²) >= 11 is 7.33. The minimum atomic E-state index is -0.658. The van der Waals surface area contributed by atoms with E-state index in [1.54, 1.807) is 26.2 Å². The first-order valence-corrected chi connectivity index (χ1v) is 11.5. The van der Waals surface area contributed by atoms with Gasteiger partial charge in [-0.15, -0.1) is 11.8 Å². The number of halogens is 2. The van der Waals surface area contributed by atoms with Crippen LogP contribution in [0.1, 0.15) is 31.9 Å². The number of ether oxygens (including phenoxy) is 1. The first kappa shape index (κ1) is 25.0. The standard InChI is InChI=1S/C23H28ClFN2O3S/c1-15(2)26-23(29)16(3)27(12-17-8-10-18(30-4)11-9-17)22(28)14-31-13-19-20(24)6-5-7-21(19)25/h5-11,15-16H,12-14H2,1-4H3,(H,26,29)/t16-/m0/s1. The third kappa shape index (κ3) is 7.43. The summed E-state index contributed by atoms with van der Waals surface area (Å²) in [6, 6.07) is 11.2. The quantitative estimate of drug-likeness (QED) is 0.553. The molecule has 0 saturated heterocycles. The molecule has 2 aromatic carbocycles. The minimum Gasteiger partial charge on any atom is -0.497 e. The van der Waals surface area contributed by atoms with E-state index in [1.807, 2.05) is 38.1 Å². The van der Waals surface area contributed by atoms with Crippen LogP contribution in [0, 0.1) is 5.82 Å². The fraction of sp³-hybridized carbons (Fsp3) is 0.391. The van der Waals surface area contributed by atoms with Crippen LogP contribution in [0.3, 0.4) is 0 Å². The van der Waals surface area contributed by atoms with Gasteiger partial charge in [-0.2, -0.15) is 0 Å². The molecule has 0 heterocycles. The van der Waals surface area contributed by atoms with Gasteiger partial charge in [-0.3, -0.25) is 9.59 Å². The number of benzene rings is 2. The lowest BCUT2D eigenvalue weighted by atomic mass is 10.1. The summed E-state index contributed by atoms with van der Waals surface area (Å²) in [7, 11) is 1.59. The van der Waals surface area contributed by atoms with Crippen molar-refractivity contribution in [3.05, 3.63) is 64.4 Å². The second kappa shape index (κ2) is 12.0. The van der Waals surface area contributed by atoms with Crippen molar-refractivity contribution in [3.8, 4) is 5.75 Å². The normalized spacial score (nSPS) is 11.8. The van der Waals surface area contributed by atoms with Gasteiger partial charge in [0, 0.05) is 28.9 Å². The molecule has 0 aliphatic carbocycles. The van der Waals surface area contributed by atoms with Crippen molar-refractivity contribution in [2.75, 3.05) is 12.9 Å². The fourth-order valence-electron chi connectivity index (χ4n) is 2.91. The van der Waals surface area contributed by atoms with Crippen LogP contribution in [0.2, 0.25) is 5.02 Å². The van der Waals surface area contributed by atoms with E-state index in [0.29, 0.717) is 16.3 Å². The topological polar surface area (TPSA) is 58.6 Å². The van der Waals surface area contributed by atoms with Gasteiger partial charge < -0.3 is 15.0 Å². The van der Waals surface area contributed by atoms with Crippen LogP contribution in [-0.4, -0.2) is 41.7 Å². The van der Waals surface area contributed by atoms with Crippen LogP contribution >= 0.6 is 23.4 Å². The molecule has 0 aromatic heterocycles. The van der Waals surface area contributed by atoms with Crippen LogP contribution in [0.5, 0.6) is 5.75 Å². The lowest BCUT2D eigenvalue weighted by molar-refractivity contribution is -0.138. The predicted octanol–water partition coefficient (Wildman–Crippen LogP) is 4.66. The molecule has 1 atom stereocenters. The fourth-order valence-corrected chi connectivity index (χ4v) is 4.16. The number of nitrogens with one attached hydrogen (secondary N) is 1. The summed E-state index contributed by atoms with van der Waals surface area (Å²) in [5.41, 5.74) is 1.25. The number of amides is 2. The van der Waals surface area contributed by atoms with Gasteiger partial charge in [0.05, 0.1) is 12.9 Å². The lowest BCUT2D eigenvalue weighted by Gasteiger charge is -2.29. The van der Waals surface area contributed by atoms with E-state index in [-0.39, 0.29) is 35.9 Å². The highest BCUT2D eigenvalue weighted by Crippen LogP contribution is 2.24. The van der Waals surface area contributed by atoms with Gasteiger partial charge in [0.25, 0.3) is 0 Å². The second-order valence-corrected chi connectivity index (χ2v) is 8.79. The molecule has 0 saturated carbocycles. The van der Waals surface area contributed by atoms with Crippen molar-refractivity contribution in [1.82, 2.24) is 10.2 Å². The zero-order chi connectivity index (χ0) is 23.0. The number of rotatable bonds is 10. The van der Waals surface area contributed by atoms with Crippen LogP contribution in [-0.2, 0) is 21.9 Å².